The lowest BCUT2D eigenvalue weighted by Crippen LogP contribution is -2.49. The Hall–Kier alpha value is -1.03. The molecule has 6 nitrogen and oxygen atoms in total. The second-order valence-corrected chi connectivity index (χ2v) is 8.28. The van der Waals surface area contributed by atoms with Crippen LogP contribution in [0.1, 0.15) is 19.8 Å². The molecule has 2 saturated heterocycles. The Morgan fingerprint density at radius 2 is 1.96 bits per heavy atom. The number of aliphatic imine (C=N–C) groups is 1. The smallest absolute Gasteiger partial charge is 0.353 e. The second-order valence-electron chi connectivity index (χ2n) is 6.05. The first-order valence-corrected chi connectivity index (χ1v) is 9.56. The predicted molar refractivity (Wildman–Crippen MR) is 82.2 cm³/mol. The standard InChI is InChI=1S/C13H23F3N4O2S/c1-2-17-12(19-11-4-6-23(21,22)8-11)18-10-3-5-20(7-10)9-13(14,15)16/h10-11H,2-9H2,1H3,(H2,17,18,19). The van der Waals surface area contributed by atoms with Gasteiger partial charge < -0.3 is 10.6 Å². The zero-order valence-electron chi connectivity index (χ0n) is 13.1. The van der Waals surface area contributed by atoms with E-state index in [1.807, 2.05) is 6.92 Å². The first-order valence-electron chi connectivity index (χ1n) is 7.74. The van der Waals surface area contributed by atoms with Gasteiger partial charge >= 0.3 is 6.18 Å². The molecule has 10 heteroatoms. The van der Waals surface area contributed by atoms with Crippen LogP contribution < -0.4 is 10.6 Å². The van der Waals surface area contributed by atoms with Crippen molar-refractivity contribution in [3.8, 4) is 0 Å². The zero-order chi connectivity index (χ0) is 17.1. The minimum absolute atomic E-state index is 0.0717. The van der Waals surface area contributed by atoms with E-state index < -0.39 is 22.6 Å². The van der Waals surface area contributed by atoms with E-state index in [2.05, 4.69) is 15.6 Å². The molecule has 2 N–H and O–H groups in total. The number of hydrogen-bond donors (Lipinski definition) is 2. The van der Waals surface area contributed by atoms with E-state index >= 15 is 0 Å². The van der Waals surface area contributed by atoms with Gasteiger partial charge in [-0.3, -0.25) is 9.89 Å². The van der Waals surface area contributed by atoms with Crippen LogP contribution in [-0.2, 0) is 9.84 Å². The van der Waals surface area contributed by atoms with E-state index in [9.17, 15) is 21.6 Å². The number of sulfone groups is 1. The lowest BCUT2D eigenvalue weighted by molar-refractivity contribution is -0.143. The molecule has 0 aliphatic carbocycles. The molecule has 2 fully saturated rings. The van der Waals surface area contributed by atoms with E-state index in [-0.39, 0.29) is 23.6 Å². The highest BCUT2D eigenvalue weighted by atomic mass is 32.2. The van der Waals surface area contributed by atoms with E-state index in [0.29, 0.717) is 38.4 Å². The van der Waals surface area contributed by atoms with Gasteiger partial charge in [-0.05, 0) is 19.8 Å². The molecule has 0 spiro atoms. The maximum atomic E-state index is 12.4. The van der Waals surface area contributed by atoms with Gasteiger partial charge in [0.2, 0.25) is 0 Å². The summed E-state index contributed by atoms with van der Waals surface area (Å²) in [5.41, 5.74) is 0. The Balaban J connectivity index is 1.85. The van der Waals surface area contributed by atoms with E-state index in [1.54, 1.807) is 0 Å². The molecule has 134 valence electrons. The third-order valence-electron chi connectivity index (χ3n) is 3.91. The van der Waals surface area contributed by atoms with Crippen LogP contribution in [0, 0.1) is 0 Å². The number of rotatable bonds is 4. The SMILES string of the molecule is CCN=C(NC1CCN(CC(F)(F)F)C1)NC1CCS(=O)(=O)C1. The van der Waals surface area contributed by atoms with Gasteiger partial charge in [-0.1, -0.05) is 0 Å². The van der Waals surface area contributed by atoms with Gasteiger partial charge in [-0.2, -0.15) is 13.2 Å². The monoisotopic (exact) mass is 356 g/mol. The summed E-state index contributed by atoms with van der Waals surface area (Å²) < 4.78 is 60.2. The number of hydrogen-bond acceptors (Lipinski definition) is 4. The Kier molecular flexibility index (Phi) is 5.77. The molecule has 0 aromatic rings. The Morgan fingerprint density at radius 1 is 1.26 bits per heavy atom. The Labute approximate surface area is 134 Å². The van der Waals surface area contributed by atoms with Crippen LogP contribution in [0.3, 0.4) is 0 Å². The molecular formula is C13H23F3N4O2S. The molecule has 0 aromatic heterocycles. The quantitative estimate of drug-likeness (QED) is 0.562. The number of halogens is 3. The van der Waals surface area contributed by atoms with Crippen molar-refractivity contribution in [2.75, 3.05) is 37.7 Å². The molecule has 0 radical (unpaired) electrons. The summed E-state index contributed by atoms with van der Waals surface area (Å²) in [4.78, 5) is 5.62. The van der Waals surface area contributed by atoms with Gasteiger partial charge in [0, 0.05) is 31.7 Å². The van der Waals surface area contributed by atoms with Gasteiger partial charge in [-0.15, -0.1) is 0 Å². The summed E-state index contributed by atoms with van der Waals surface area (Å²) in [6.07, 6.45) is -3.06. The number of guanidine groups is 1. The average Bonchev–Trinajstić information content (AvgIpc) is 2.94. The molecule has 2 unspecified atom stereocenters. The minimum atomic E-state index is -4.19. The highest BCUT2D eigenvalue weighted by Gasteiger charge is 2.35. The van der Waals surface area contributed by atoms with Crippen molar-refractivity contribution < 1.29 is 21.6 Å². The highest BCUT2D eigenvalue weighted by Crippen LogP contribution is 2.20. The van der Waals surface area contributed by atoms with E-state index in [4.69, 9.17) is 0 Å². The van der Waals surface area contributed by atoms with Crippen molar-refractivity contribution in [3.63, 3.8) is 0 Å². The maximum Gasteiger partial charge on any atom is 0.401 e. The van der Waals surface area contributed by atoms with Gasteiger partial charge in [-0.25, -0.2) is 8.42 Å². The highest BCUT2D eigenvalue weighted by molar-refractivity contribution is 7.91. The van der Waals surface area contributed by atoms with Crippen LogP contribution in [0.2, 0.25) is 0 Å². The maximum absolute atomic E-state index is 12.4. The van der Waals surface area contributed by atoms with Gasteiger partial charge in [0.1, 0.15) is 0 Å². The summed E-state index contributed by atoms with van der Waals surface area (Å²) in [6, 6.07) is -0.307. The molecule has 2 rings (SSSR count). The van der Waals surface area contributed by atoms with Crippen LogP contribution in [-0.4, -0.2) is 75.2 Å². The van der Waals surface area contributed by atoms with E-state index in [0.717, 1.165) is 0 Å². The fourth-order valence-electron chi connectivity index (χ4n) is 2.93. The fraction of sp³-hybridized carbons (Fsp3) is 0.923. The van der Waals surface area contributed by atoms with Gasteiger partial charge in [0.05, 0.1) is 18.1 Å². The van der Waals surface area contributed by atoms with Crippen molar-refractivity contribution in [2.45, 2.75) is 38.0 Å². The van der Waals surface area contributed by atoms with Crippen molar-refractivity contribution >= 4 is 15.8 Å². The summed E-state index contributed by atoms with van der Waals surface area (Å²) in [7, 11) is -2.99. The third kappa shape index (κ3) is 6.17. The van der Waals surface area contributed by atoms with Crippen LogP contribution in [0.15, 0.2) is 4.99 Å². The number of nitrogens with one attached hydrogen (secondary N) is 2. The predicted octanol–water partition coefficient (Wildman–Crippen LogP) is 0.365. The topological polar surface area (TPSA) is 73.8 Å². The van der Waals surface area contributed by atoms with E-state index in [1.165, 1.54) is 4.90 Å². The first-order chi connectivity index (χ1) is 10.7. The molecule has 0 saturated carbocycles. The van der Waals surface area contributed by atoms with Gasteiger partial charge in [0.25, 0.3) is 0 Å². The van der Waals surface area contributed by atoms with Crippen molar-refractivity contribution in [3.05, 3.63) is 0 Å². The summed E-state index contributed by atoms with van der Waals surface area (Å²) in [5.74, 6) is 0.711. The lowest BCUT2D eigenvalue weighted by atomic mass is 10.2. The minimum Gasteiger partial charge on any atom is -0.353 e. The fourth-order valence-corrected chi connectivity index (χ4v) is 4.61. The summed E-state index contributed by atoms with van der Waals surface area (Å²) in [5, 5.41) is 6.20. The average molecular weight is 356 g/mol. The molecule has 2 atom stereocenters. The first kappa shape index (κ1) is 18.3. The molecule has 2 aliphatic rings. The molecule has 0 amide bonds. The molecular weight excluding hydrogens is 333 g/mol. The number of alkyl halides is 3. The summed E-state index contributed by atoms with van der Waals surface area (Å²) in [6.45, 7) is 2.13. The molecule has 0 bridgehead atoms. The van der Waals surface area contributed by atoms with Gasteiger partial charge in [0.15, 0.2) is 15.8 Å². The molecule has 23 heavy (non-hydrogen) atoms. The van der Waals surface area contributed by atoms with Crippen molar-refractivity contribution in [1.29, 1.82) is 0 Å². The second kappa shape index (κ2) is 7.25. The van der Waals surface area contributed by atoms with Crippen LogP contribution >= 0.6 is 0 Å². The molecule has 2 heterocycles. The number of likely N-dealkylation sites (tertiary alicyclic amines) is 1. The summed E-state index contributed by atoms with van der Waals surface area (Å²) >= 11 is 0. The third-order valence-corrected chi connectivity index (χ3v) is 5.67. The normalized spacial score (nSPS) is 29.0. The number of nitrogens with zero attached hydrogens (tertiary/aromatic N) is 2. The Bertz CT molecular complexity index is 536. The Morgan fingerprint density at radius 3 is 2.52 bits per heavy atom. The van der Waals surface area contributed by atoms with Crippen LogP contribution in [0.25, 0.3) is 0 Å². The van der Waals surface area contributed by atoms with Crippen LogP contribution in [0.5, 0.6) is 0 Å². The molecule has 2 aliphatic heterocycles. The van der Waals surface area contributed by atoms with Crippen molar-refractivity contribution in [1.82, 2.24) is 15.5 Å². The zero-order valence-corrected chi connectivity index (χ0v) is 13.9. The largest absolute Gasteiger partial charge is 0.401 e. The lowest BCUT2D eigenvalue weighted by Gasteiger charge is -2.21. The van der Waals surface area contributed by atoms with Crippen molar-refractivity contribution in [2.24, 2.45) is 4.99 Å². The van der Waals surface area contributed by atoms with Crippen LogP contribution in [0.4, 0.5) is 13.2 Å². The molecule has 0 aromatic carbocycles.